The zero-order valence-electron chi connectivity index (χ0n) is 8.72. The number of ether oxygens (including phenoxy) is 1. The average Bonchev–Trinajstić information content (AvgIpc) is 2.71. The van der Waals surface area contributed by atoms with Crippen molar-refractivity contribution in [3.05, 3.63) is 24.5 Å². The van der Waals surface area contributed by atoms with Crippen molar-refractivity contribution in [3.63, 3.8) is 0 Å². The Hall–Kier alpha value is -1.17. The normalized spacial score (nSPS) is 10.5. The van der Waals surface area contributed by atoms with E-state index in [0.717, 1.165) is 18.7 Å². The summed E-state index contributed by atoms with van der Waals surface area (Å²) in [5.41, 5.74) is 1.11. The van der Waals surface area contributed by atoms with E-state index >= 15 is 0 Å². The molecule has 0 aliphatic carbocycles. The van der Waals surface area contributed by atoms with E-state index in [2.05, 4.69) is 17.0 Å². The molecule has 0 amide bonds. The van der Waals surface area contributed by atoms with E-state index in [9.17, 15) is 0 Å². The molecule has 1 rings (SSSR count). The number of nitrogens with one attached hydrogen (secondary N) is 1. The fourth-order valence-electron chi connectivity index (χ4n) is 1.11. The van der Waals surface area contributed by atoms with Crippen LogP contribution in [0.2, 0.25) is 0 Å². The highest BCUT2D eigenvalue weighted by atomic mass is 16.5. The van der Waals surface area contributed by atoms with Crippen LogP contribution in [0.15, 0.2) is 19.0 Å². The Balaban J connectivity index is 2.07. The molecule has 1 aromatic rings. The maximum Gasteiger partial charge on any atom is 0.0698 e. The molecule has 0 aliphatic heterocycles. The Morgan fingerprint density at radius 1 is 1.60 bits per heavy atom. The van der Waals surface area contributed by atoms with Crippen molar-refractivity contribution in [3.8, 4) is 0 Å². The molecular formula is C10H17N3O2. The number of hydrogen-bond acceptors (Lipinski definition) is 4. The van der Waals surface area contributed by atoms with Crippen LogP contribution in [0.25, 0.3) is 6.20 Å². The lowest BCUT2D eigenvalue weighted by Crippen LogP contribution is -2.19. The van der Waals surface area contributed by atoms with Crippen LogP contribution in [-0.4, -0.2) is 41.3 Å². The van der Waals surface area contributed by atoms with Gasteiger partial charge in [-0.05, 0) is 0 Å². The summed E-state index contributed by atoms with van der Waals surface area (Å²) in [5, 5.41) is 15.7. The second-order valence-electron chi connectivity index (χ2n) is 3.02. The molecule has 1 heterocycles. The Morgan fingerprint density at radius 2 is 2.47 bits per heavy atom. The zero-order chi connectivity index (χ0) is 10.9. The van der Waals surface area contributed by atoms with E-state index in [0.29, 0.717) is 13.2 Å². The van der Waals surface area contributed by atoms with Gasteiger partial charge in [-0.2, -0.15) is 5.10 Å². The van der Waals surface area contributed by atoms with Crippen molar-refractivity contribution in [2.45, 2.75) is 6.54 Å². The first-order valence-corrected chi connectivity index (χ1v) is 4.91. The molecule has 0 aliphatic rings. The smallest absolute Gasteiger partial charge is 0.0698 e. The second-order valence-corrected chi connectivity index (χ2v) is 3.02. The summed E-state index contributed by atoms with van der Waals surface area (Å²) in [6.07, 6.45) is 5.35. The van der Waals surface area contributed by atoms with Crippen molar-refractivity contribution >= 4 is 6.20 Å². The number of aromatic nitrogens is 2. The highest BCUT2D eigenvalue weighted by Crippen LogP contribution is 1.96. The summed E-state index contributed by atoms with van der Waals surface area (Å²) in [7, 11) is 0. The van der Waals surface area contributed by atoms with E-state index in [-0.39, 0.29) is 6.61 Å². The summed E-state index contributed by atoms with van der Waals surface area (Å²) >= 11 is 0. The van der Waals surface area contributed by atoms with Gasteiger partial charge < -0.3 is 15.2 Å². The van der Waals surface area contributed by atoms with E-state index in [1.54, 1.807) is 17.1 Å². The molecule has 0 unspecified atom stereocenters. The number of hydrogen-bond donors (Lipinski definition) is 2. The number of aliphatic hydroxyl groups excluding tert-OH is 1. The minimum atomic E-state index is 0.0755. The summed E-state index contributed by atoms with van der Waals surface area (Å²) in [4.78, 5) is 0. The fraction of sp³-hybridized carbons (Fsp3) is 0.500. The Morgan fingerprint density at radius 3 is 3.13 bits per heavy atom. The Kier molecular flexibility index (Phi) is 5.69. The zero-order valence-corrected chi connectivity index (χ0v) is 8.72. The Labute approximate surface area is 89.4 Å². The molecule has 0 spiro atoms. The van der Waals surface area contributed by atoms with Gasteiger partial charge in [-0.15, -0.1) is 0 Å². The predicted octanol–water partition coefficient (Wildman–Crippen LogP) is 0.0821. The standard InChI is InChI=1S/C10H17N3O2/c1-2-13-9-10(8-12-13)7-11-3-5-15-6-4-14/h2,8-9,11,14H,1,3-7H2. The maximum absolute atomic E-state index is 8.46. The van der Waals surface area contributed by atoms with Crippen LogP contribution in [-0.2, 0) is 11.3 Å². The monoisotopic (exact) mass is 211 g/mol. The van der Waals surface area contributed by atoms with Crippen LogP contribution in [0, 0.1) is 0 Å². The third-order valence-electron chi connectivity index (χ3n) is 1.83. The predicted molar refractivity (Wildman–Crippen MR) is 58.2 cm³/mol. The molecular weight excluding hydrogens is 194 g/mol. The SMILES string of the molecule is C=Cn1cc(CNCCOCCO)cn1. The quantitative estimate of drug-likeness (QED) is 0.598. The first-order chi connectivity index (χ1) is 7.36. The lowest BCUT2D eigenvalue weighted by molar-refractivity contribution is 0.0938. The van der Waals surface area contributed by atoms with Crippen molar-refractivity contribution in [1.82, 2.24) is 15.1 Å². The van der Waals surface area contributed by atoms with E-state index < -0.39 is 0 Å². The molecule has 0 atom stereocenters. The summed E-state index contributed by atoms with van der Waals surface area (Å²) in [6.45, 7) is 6.22. The molecule has 0 radical (unpaired) electrons. The van der Waals surface area contributed by atoms with Crippen LogP contribution in [0.5, 0.6) is 0 Å². The largest absolute Gasteiger partial charge is 0.394 e. The molecule has 0 bridgehead atoms. The molecule has 84 valence electrons. The lowest BCUT2D eigenvalue weighted by Gasteiger charge is -2.03. The van der Waals surface area contributed by atoms with Gasteiger partial charge in [-0.25, -0.2) is 4.68 Å². The highest BCUT2D eigenvalue weighted by Gasteiger charge is 1.95. The number of nitrogens with zero attached hydrogens (tertiary/aromatic N) is 2. The third kappa shape index (κ3) is 4.73. The van der Waals surface area contributed by atoms with Gasteiger partial charge in [0.05, 0.1) is 26.0 Å². The third-order valence-corrected chi connectivity index (χ3v) is 1.83. The van der Waals surface area contributed by atoms with Crippen LogP contribution in [0.3, 0.4) is 0 Å². The van der Waals surface area contributed by atoms with Gasteiger partial charge >= 0.3 is 0 Å². The highest BCUT2D eigenvalue weighted by molar-refractivity contribution is 5.17. The molecule has 0 saturated heterocycles. The van der Waals surface area contributed by atoms with Crippen molar-refractivity contribution < 1.29 is 9.84 Å². The maximum atomic E-state index is 8.46. The van der Waals surface area contributed by atoms with Gasteiger partial charge in [0.1, 0.15) is 0 Å². The van der Waals surface area contributed by atoms with Crippen LogP contribution < -0.4 is 5.32 Å². The summed E-state index contributed by atoms with van der Waals surface area (Å²) in [6, 6.07) is 0. The first kappa shape index (κ1) is 11.9. The molecule has 1 aromatic heterocycles. The van der Waals surface area contributed by atoms with E-state index in [1.807, 2.05) is 6.20 Å². The first-order valence-electron chi connectivity index (χ1n) is 4.91. The van der Waals surface area contributed by atoms with Crippen molar-refractivity contribution in [2.75, 3.05) is 26.4 Å². The fourth-order valence-corrected chi connectivity index (χ4v) is 1.11. The van der Waals surface area contributed by atoms with Crippen LogP contribution >= 0.6 is 0 Å². The molecule has 5 nitrogen and oxygen atoms in total. The van der Waals surface area contributed by atoms with Crippen molar-refractivity contribution in [1.29, 1.82) is 0 Å². The second kappa shape index (κ2) is 7.17. The van der Waals surface area contributed by atoms with E-state index in [4.69, 9.17) is 9.84 Å². The lowest BCUT2D eigenvalue weighted by atomic mass is 10.3. The topological polar surface area (TPSA) is 59.3 Å². The Bertz CT molecular complexity index is 286. The van der Waals surface area contributed by atoms with Crippen LogP contribution in [0.1, 0.15) is 5.56 Å². The van der Waals surface area contributed by atoms with Crippen molar-refractivity contribution in [2.24, 2.45) is 0 Å². The minimum absolute atomic E-state index is 0.0755. The molecule has 0 fully saturated rings. The summed E-state index contributed by atoms with van der Waals surface area (Å²) in [5.74, 6) is 0. The molecule has 0 saturated carbocycles. The van der Waals surface area contributed by atoms with E-state index in [1.165, 1.54) is 0 Å². The van der Waals surface area contributed by atoms with Gasteiger partial charge in [0, 0.05) is 31.0 Å². The van der Waals surface area contributed by atoms with Gasteiger partial charge in [0.2, 0.25) is 0 Å². The summed E-state index contributed by atoms with van der Waals surface area (Å²) < 4.78 is 6.76. The number of aliphatic hydroxyl groups is 1. The van der Waals surface area contributed by atoms with Gasteiger partial charge in [-0.1, -0.05) is 6.58 Å². The van der Waals surface area contributed by atoms with Crippen LogP contribution in [0.4, 0.5) is 0 Å². The molecule has 0 aromatic carbocycles. The average molecular weight is 211 g/mol. The molecule has 5 heteroatoms. The molecule has 15 heavy (non-hydrogen) atoms. The van der Waals surface area contributed by atoms with Gasteiger partial charge in [-0.3, -0.25) is 0 Å². The molecule has 2 N–H and O–H groups in total. The minimum Gasteiger partial charge on any atom is -0.394 e. The van der Waals surface area contributed by atoms with Gasteiger partial charge in [0.15, 0.2) is 0 Å². The number of rotatable bonds is 8. The van der Waals surface area contributed by atoms with Gasteiger partial charge in [0.25, 0.3) is 0 Å².